The van der Waals surface area contributed by atoms with E-state index in [-0.39, 0.29) is 0 Å². The first-order valence-electron chi connectivity index (χ1n) is 7.68. The predicted molar refractivity (Wildman–Crippen MR) is 102 cm³/mol. The van der Waals surface area contributed by atoms with Gasteiger partial charge in [-0.05, 0) is 43.3 Å². The second kappa shape index (κ2) is 7.23. The van der Waals surface area contributed by atoms with E-state index in [0.29, 0.717) is 9.92 Å². The molecule has 0 unspecified atom stereocenters. The zero-order valence-electron chi connectivity index (χ0n) is 13.8. The summed E-state index contributed by atoms with van der Waals surface area (Å²) in [6, 6.07) is 14.5. The molecule has 4 nitrogen and oxygen atoms in total. The molecule has 7 heteroatoms. The van der Waals surface area contributed by atoms with Crippen LogP contribution in [0.4, 0.5) is 0 Å². The lowest BCUT2D eigenvalue weighted by atomic mass is 10.2. The predicted octanol–water partition coefficient (Wildman–Crippen LogP) is 4.78. The molecule has 0 N–H and O–H groups in total. The highest BCUT2D eigenvalue weighted by Crippen LogP contribution is 2.36. The van der Waals surface area contributed by atoms with E-state index in [1.807, 2.05) is 42.1 Å². The SMILES string of the molecule is CCn1cc(Sc2ccc(Cl)cc2)c(-c2ccc(S(C)(=O)=O)cc2)n1. The van der Waals surface area contributed by atoms with Crippen molar-refractivity contribution in [2.75, 3.05) is 6.26 Å². The molecule has 0 aliphatic rings. The maximum absolute atomic E-state index is 11.6. The van der Waals surface area contributed by atoms with E-state index in [1.165, 1.54) is 6.26 Å². The molecule has 0 aliphatic carbocycles. The quantitative estimate of drug-likeness (QED) is 0.627. The van der Waals surface area contributed by atoms with Crippen LogP contribution in [0.2, 0.25) is 5.02 Å². The third kappa shape index (κ3) is 4.26. The number of sulfone groups is 1. The summed E-state index contributed by atoms with van der Waals surface area (Å²) in [5.74, 6) is 0. The first-order valence-corrected chi connectivity index (χ1v) is 10.8. The van der Waals surface area contributed by atoms with E-state index in [4.69, 9.17) is 11.6 Å². The van der Waals surface area contributed by atoms with Crippen molar-refractivity contribution < 1.29 is 8.42 Å². The molecule has 25 heavy (non-hydrogen) atoms. The molecular formula is C18H17ClN2O2S2. The van der Waals surface area contributed by atoms with Crippen LogP contribution in [0.5, 0.6) is 0 Å². The molecule has 0 fully saturated rings. The van der Waals surface area contributed by atoms with E-state index < -0.39 is 9.84 Å². The van der Waals surface area contributed by atoms with E-state index in [0.717, 1.165) is 27.6 Å². The Balaban J connectivity index is 1.98. The molecule has 0 bridgehead atoms. The summed E-state index contributed by atoms with van der Waals surface area (Å²) < 4.78 is 25.1. The van der Waals surface area contributed by atoms with Crippen molar-refractivity contribution in [3.8, 4) is 11.3 Å². The minimum atomic E-state index is -3.21. The monoisotopic (exact) mass is 392 g/mol. The fourth-order valence-electron chi connectivity index (χ4n) is 2.33. The van der Waals surface area contributed by atoms with Gasteiger partial charge in [0.05, 0.1) is 9.79 Å². The van der Waals surface area contributed by atoms with Crippen LogP contribution in [0, 0.1) is 0 Å². The molecule has 0 saturated heterocycles. The van der Waals surface area contributed by atoms with Crippen LogP contribution in [0.25, 0.3) is 11.3 Å². The second-order valence-corrected chi connectivity index (χ2v) is 9.12. The zero-order chi connectivity index (χ0) is 18.0. The molecule has 0 radical (unpaired) electrons. The maximum atomic E-state index is 11.6. The number of hydrogen-bond donors (Lipinski definition) is 0. The van der Waals surface area contributed by atoms with Crippen molar-refractivity contribution in [1.82, 2.24) is 9.78 Å². The lowest BCUT2D eigenvalue weighted by molar-refractivity contribution is 0.602. The molecule has 2 aromatic carbocycles. The molecular weight excluding hydrogens is 376 g/mol. The Morgan fingerprint density at radius 2 is 1.72 bits per heavy atom. The Morgan fingerprint density at radius 1 is 1.08 bits per heavy atom. The highest BCUT2D eigenvalue weighted by molar-refractivity contribution is 7.99. The Labute approximate surface area is 156 Å². The van der Waals surface area contributed by atoms with Gasteiger partial charge < -0.3 is 0 Å². The van der Waals surface area contributed by atoms with E-state index in [1.54, 1.807) is 36.0 Å². The molecule has 1 heterocycles. The van der Waals surface area contributed by atoms with Gasteiger partial charge in [-0.3, -0.25) is 4.68 Å². The third-order valence-corrected chi connectivity index (χ3v) is 6.06. The summed E-state index contributed by atoms with van der Waals surface area (Å²) in [5.41, 5.74) is 1.72. The molecule has 0 amide bonds. The number of nitrogens with zero attached hydrogens (tertiary/aromatic N) is 2. The molecule has 0 aliphatic heterocycles. The van der Waals surface area contributed by atoms with Crippen LogP contribution in [0.1, 0.15) is 6.92 Å². The fourth-order valence-corrected chi connectivity index (χ4v) is 4.04. The number of benzene rings is 2. The van der Waals surface area contributed by atoms with Crippen LogP contribution >= 0.6 is 23.4 Å². The lowest BCUT2D eigenvalue weighted by Crippen LogP contribution is -1.97. The Hall–Kier alpha value is -1.76. The molecule has 0 spiro atoms. The van der Waals surface area contributed by atoms with Crippen molar-refractivity contribution >= 4 is 33.2 Å². The van der Waals surface area contributed by atoms with Crippen molar-refractivity contribution in [2.45, 2.75) is 28.2 Å². The smallest absolute Gasteiger partial charge is 0.175 e. The first-order chi connectivity index (χ1) is 11.9. The number of hydrogen-bond acceptors (Lipinski definition) is 4. The summed E-state index contributed by atoms with van der Waals surface area (Å²) in [4.78, 5) is 2.38. The molecule has 130 valence electrons. The topological polar surface area (TPSA) is 52.0 Å². The normalized spacial score (nSPS) is 11.6. The van der Waals surface area contributed by atoms with Gasteiger partial charge in [-0.1, -0.05) is 35.5 Å². The minimum absolute atomic E-state index is 0.304. The largest absolute Gasteiger partial charge is 0.271 e. The number of aryl methyl sites for hydroxylation is 1. The van der Waals surface area contributed by atoms with Crippen molar-refractivity contribution in [2.24, 2.45) is 0 Å². The van der Waals surface area contributed by atoms with Gasteiger partial charge >= 0.3 is 0 Å². The molecule has 3 rings (SSSR count). The third-order valence-electron chi connectivity index (χ3n) is 3.65. The van der Waals surface area contributed by atoms with Crippen molar-refractivity contribution in [3.63, 3.8) is 0 Å². The van der Waals surface area contributed by atoms with Crippen molar-refractivity contribution in [1.29, 1.82) is 0 Å². The highest BCUT2D eigenvalue weighted by Gasteiger charge is 2.14. The van der Waals surface area contributed by atoms with Crippen LogP contribution < -0.4 is 0 Å². The lowest BCUT2D eigenvalue weighted by Gasteiger charge is -2.04. The minimum Gasteiger partial charge on any atom is -0.271 e. The van der Waals surface area contributed by atoms with Gasteiger partial charge in [0, 0.05) is 34.5 Å². The van der Waals surface area contributed by atoms with Gasteiger partial charge in [-0.2, -0.15) is 5.10 Å². The number of halogens is 1. The van der Waals surface area contributed by atoms with E-state index in [2.05, 4.69) is 5.10 Å². The van der Waals surface area contributed by atoms with Gasteiger partial charge in [0.2, 0.25) is 0 Å². The summed E-state index contributed by atoms with van der Waals surface area (Å²) in [5, 5.41) is 5.32. The van der Waals surface area contributed by atoms with E-state index in [9.17, 15) is 8.42 Å². The van der Waals surface area contributed by atoms with Gasteiger partial charge in [0.15, 0.2) is 9.84 Å². The van der Waals surface area contributed by atoms with Gasteiger partial charge in [0.1, 0.15) is 5.69 Å². The molecule has 3 aromatic rings. The molecule has 0 atom stereocenters. The zero-order valence-corrected chi connectivity index (χ0v) is 16.2. The summed E-state index contributed by atoms with van der Waals surface area (Å²) >= 11 is 7.55. The Morgan fingerprint density at radius 3 is 2.28 bits per heavy atom. The molecule has 0 saturated carbocycles. The average molecular weight is 393 g/mol. The van der Waals surface area contributed by atoms with Gasteiger partial charge in [0.25, 0.3) is 0 Å². The summed E-state index contributed by atoms with van der Waals surface area (Å²) in [6.07, 6.45) is 3.20. The molecule has 1 aromatic heterocycles. The fraction of sp³-hybridized carbons (Fsp3) is 0.167. The van der Waals surface area contributed by atoms with Crippen LogP contribution in [-0.2, 0) is 16.4 Å². The van der Waals surface area contributed by atoms with Gasteiger partial charge in [-0.25, -0.2) is 8.42 Å². The summed E-state index contributed by atoms with van der Waals surface area (Å²) in [7, 11) is -3.21. The highest BCUT2D eigenvalue weighted by atomic mass is 35.5. The maximum Gasteiger partial charge on any atom is 0.175 e. The number of aromatic nitrogens is 2. The Kier molecular flexibility index (Phi) is 5.22. The number of rotatable bonds is 5. The average Bonchev–Trinajstić information content (AvgIpc) is 2.99. The van der Waals surface area contributed by atoms with Crippen LogP contribution in [0.3, 0.4) is 0 Å². The first kappa shape index (κ1) is 18.0. The van der Waals surface area contributed by atoms with Crippen LogP contribution in [-0.4, -0.2) is 24.5 Å². The second-order valence-electron chi connectivity index (χ2n) is 5.55. The summed E-state index contributed by atoms with van der Waals surface area (Å²) in [6.45, 7) is 2.79. The Bertz CT molecular complexity index is 979. The van der Waals surface area contributed by atoms with Crippen LogP contribution in [0.15, 0.2) is 69.4 Å². The van der Waals surface area contributed by atoms with E-state index >= 15 is 0 Å². The van der Waals surface area contributed by atoms with Gasteiger partial charge in [-0.15, -0.1) is 0 Å². The standard InChI is InChI=1S/C18H17ClN2O2S2/c1-3-21-12-17(24-15-8-6-14(19)7-9-15)18(20-21)13-4-10-16(11-5-13)25(2,22)23/h4-12H,3H2,1-2H3. The van der Waals surface area contributed by atoms with Crippen molar-refractivity contribution in [3.05, 3.63) is 59.8 Å².